The van der Waals surface area contributed by atoms with Gasteiger partial charge in [-0.2, -0.15) is 0 Å². The molecule has 3 heterocycles. The van der Waals surface area contributed by atoms with Crippen LogP contribution in [0.15, 0.2) is 67.4 Å². The van der Waals surface area contributed by atoms with Crippen molar-refractivity contribution in [2.24, 2.45) is 0 Å². The van der Waals surface area contributed by atoms with E-state index >= 15 is 0 Å². The third-order valence-corrected chi connectivity index (χ3v) is 9.01. The van der Waals surface area contributed by atoms with Crippen molar-refractivity contribution in [3.8, 4) is 0 Å². The van der Waals surface area contributed by atoms with Gasteiger partial charge in [-0.05, 0) is 88.1 Å². The molecule has 0 fully saturated rings. The molecule has 0 aliphatic rings. The van der Waals surface area contributed by atoms with Gasteiger partial charge >= 0.3 is 0 Å². The topological polar surface area (TPSA) is 64.5 Å². The molecule has 0 saturated heterocycles. The summed E-state index contributed by atoms with van der Waals surface area (Å²) in [6.45, 7) is 50.6. The highest BCUT2D eigenvalue weighted by Crippen LogP contribution is 2.31. The van der Waals surface area contributed by atoms with Gasteiger partial charge in [0.05, 0.1) is 33.3 Å². The van der Waals surface area contributed by atoms with Crippen molar-refractivity contribution in [1.29, 1.82) is 0 Å². The zero-order valence-corrected chi connectivity index (χ0v) is 48.0. The Morgan fingerprint density at radius 1 is 0.368 bits per heavy atom. The maximum Gasteiger partial charge on any atom is 0.137 e. The van der Waals surface area contributed by atoms with Gasteiger partial charge in [-0.1, -0.05) is 217 Å². The van der Waals surface area contributed by atoms with Gasteiger partial charge in [-0.25, -0.2) is 28.7 Å². The first-order valence-electron chi connectivity index (χ1n) is 26.4. The van der Waals surface area contributed by atoms with Gasteiger partial charge in [0.25, 0.3) is 0 Å². The van der Waals surface area contributed by atoms with E-state index in [2.05, 4.69) is 168 Å². The number of nitrogens with zero attached hydrogens (tertiary/aromatic N) is 5. The lowest BCUT2D eigenvalue weighted by Gasteiger charge is -2.13. The number of halogens is 2. The van der Waals surface area contributed by atoms with Crippen molar-refractivity contribution in [3.05, 3.63) is 113 Å². The first-order valence-corrected chi connectivity index (χ1v) is 26.4. The molecule has 0 spiro atoms. The summed E-state index contributed by atoms with van der Waals surface area (Å²) < 4.78 is 28.3. The van der Waals surface area contributed by atoms with Crippen LogP contribution in [-0.2, 0) is 0 Å². The summed E-state index contributed by atoms with van der Waals surface area (Å²) in [4.78, 5) is 21.3. The lowest BCUT2D eigenvalue weighted by atomic mass is 9.94. The average molecular weight is 943 g/mol. The number of rotatable bonds is 6. The molecule has 5 nitrogen and oxygen atoms in total. The van der Waals surface area contributed by atoms with Crippen molar-refractivity contribution in [2.45, 2.75) is 240 Å². The van der Waals surface area contributed by atoms with Crippen LogP contribution in [0, 0.1) is 11.6 Å². The molecule has 6 rings (SSSR count). The summed E-state index contributed by atoms with van der Waals surface area (Å²) in [6, 6.07) is 15.7. The van der Waals surface area contributed by atoms with E-state index in [9.17, 15) is 8.78 Å². The maximum atomic E-state index is 14.5. The third-order valence-electron chi connectivity index (χ3n) is 9.01. The van der Waals surface area contributed by atoms with Gasteiger partial charge in [-0.3, -0.25) is 4.98 Å². The highest BCUT2D eigenvalue weighted by Gasteiger charge is 2.17. The van der Waals surface area contributed by atoms with E-state index in [0.717, 1.165) is 38.9 Å². The van der Waals surface area contributed by atoms with Crippen LogP contribution >= 0.6 is 0 Å². The van der Waals surface area contributed by atoms with Crippen LogP contribution in [0.4, 0.5) is 8.78 Å². The van der Waals surface area contributed by atoms with Gasteiger partial charge < -0.3 is 0 Å². The van der Waals surface area contributed by atoms with E-state index in [-0.39, 0.29) is 29.4 Å². The van der Waals surface area contributed by atoms with E-state index in [1.165, 1.54) is 61.4 Å². The smallest absolute Gasteiger partial charge is 0.137 e. The lowest BCUT2D eigenvalue weighted by Crippen LogP contribution is -2.01. The second-order valence-corrected chi connectivity index (χ2v) is 19.1. The maximum absolute atomic E-state index is 14.5. The molecule has 0 radical (unpaired) electrons. The van der Waals surface area contributed by atoms with Crippen molar-refractivity contribution in [3.63, 3.8) is 0 Å². The molecule has 3 aromatic heterocycles. The monoisotopic (exact) mass is 942 g/mol. The zero-order valence-electron chi connectivity index (χ0n) is 48.0. The molecule has 3 aromatic carbocycles. The third kappa shape index (κ3) is 24.8. The number of pyridine rings is 1. The molecule has 0 bridgehead atoms. The SMILES string of the molecule is CC(C)c1cc2c(C(C)C)ccnc2cc1F.CC(C)c1ccc2ncnc(C(C)C)c2c1.CC(C)c1ccc2ncnc(C(C)C)c2c1F.CCC.CCC.CCC.CCC.CCC.CCC. The summed E-state index contributed by atoms with van der Waals surface area (Å²) in [5.74, 6) is 1.64. The summed E-state index contributed by atoms with van der Waals surface area (Å²) in [6.07, 6.45) is 12.4. The summed E-state index contributed by atoms with van der Waals surface area (Å²) in [7, 11) is 0. The molecular weight excluding hydrogens is 841 g/mol. The normalized spacial score (nSPS) is 10.2. The highest BCUT2D eigenvalue weighted by molar-refractivity contribution is 5.84. The molecule has 384 valence electrons. The van der Waals surface area contributed by atoms with Gasteiger partial charge in [0.2, 0.25) is 0 Å². The van der Waals surface area contributed by atoms with Crippen LogP contribution in [0.1, 0.15) is 274 Å². The van der Waals surface area contributed by atoms with Gasteiger partial charge in [0.1, 0.15) is 24.3 Å². The summed E-state index contributed by atoms with van der Waals surface area (Å²) in [5, 5.41) is 2.85. The molecule has 0 aliphatic heterocycles. The fourth-order valence-corrected chi connectivity index (χ4v) is 6.10. The van der Waals surface area contributed by atoms with Crippen LogP contribution in [0.2, 0.25) is 0 Å². The number of aromatic nitrogens is 5. The molecular formula is C61H101F2N5. The van der Waals surface area contributed by atoms with E-state index in [1.807, 2.05) is 65.8 Å². The quantitative estimate of drug-likeness (QED) is 0.166. The van der Waals surface area contributed by atoms with Gasteiger partial charge in [-0.15, -0.1) is 0 Å². The Morgan fingerprint density at radius 2 is 0.794 bits per heavy atom. The van der Waals surface area contributed by atoms with E-state index in [4.69, 9.17) is 0 Å². The molecule has 0 aliphatic carbocycles. The Balaban J connectivity index is -0.000000791. The molecule has 0 amide bonds. The van der Waals surface area contributed by atoms with E-state index in [0.29, 0.717) is 28.7 Å². The molecule has 0 N–H and O–H groups in total. The Hall–Kier alpha value is -4.39. The Morgan fingerprint density at radius 3 is 1.22 bits per heavy atom. The lowest BCUT2D eigenvalue weighted by molar-refractivity contribution is 0.600. The van der Waals surface area contributed by atoms with Crippen LogP contribution in [0.5, 0.6) is 0 Å². The molecule has 0 atom stereocenters. The number of hydrogen-bond acceptors (Lipinski definition) is 5. The fourth-order valence-electron chi connectivity index (χ4n) is 6.10. The standard InChI is InChI=1S/C15H18FN.C14H17FN2.C14H18N2.6C3H8/c1-9(2)11-5-6-17-15-8-14(16)12(10(3)4)7-13(11)15;1-8(2)10-5-6-11-12(13(10)15)14(9(3)4)17-7-16-11;1-9(2)11-5-6-13-12(7-11)14(10(3)4)16-8-15-13;6*1-3-2/h5-10H,1-4H3;5-9H,1-4H3;5-10H,1-4H3;6*3H2,1-2H3. The molecule has 6 aromatic rings. The Bertz CT molecular complexity index is 2150. The van der Waals surface area contributed by atoms with Crippen molar-refractivity contribution >= 4 is 32.7 Å². The fraction of sp³-hybridized carbons (Fsp3) is 0.590. The van der Waals surface area contributed by atoms with Crippen LogP contribution in [0.25, 0.3) is 32.7 Å². The zero-order chi connectivity index (χ0) is 53.1. The van der Waals surface area contributed by atoms with Crippen LogP contribution in [0.3, 0.4) is 0 Å². The minimum Gasteiger partial charge on any atom is -0.256 e. The van der Waals surface area contributed by atoms with Crippen molar-refractivity contribution < 1.29 is 8.78 Å². The number of benzene rings is 3. The van der Waals surface area contributed by atoms with Crippen molar-refractivity contribution in [2.75, 3.05) is 0 Å². The predicted molar refractivity (Wildman–Crippen MR) is 301 cm³/mol. The van der Waals surface area contributed by atoms with Gasteiger partial charge in [0, 0.05) is 23.0 Å². The summed E-state index contributed by atoms with van der Waals surface area (Å²) in [5.41, 5.74) is 8.50. The largest absolute Gasteiger partial charge is 0.256 e. The predicted octanol–water partition coefficient (Wildman–Crippen LogP) is 21.0. The first-order chi connectivity index (χ1) is 32.1. The second-order valence-electron chi connectivity index (χ2n) is 19.1. The molecule has 0 saturated carbocycles. The first kappa shape index (κ1) is 67.9. The minimum absolute atomic E-state index is 0.152. The number of hydrogen-bond donors (Lipinski definition) is 0. The molecule has 7 heteroatoms. The van der Waals surface area contributed by atoms with Crippen LogP contribution in [-0.4, -0.2) is 24.9 Å². The Labute approximate surface area is 417 Å². The molecule has 68 heavy (non-hydrogen) atoms. The van der Waals surface area contributed by atoms with Gasteiger partial charge in [0.15, 0.2) is 0 Å². The Kier molecular flexibility index (Phi) is 39.4. The van der Waals surface area contributed by atoms with Crippen LogP contribution < -0.4 is 0 Å². The minimum atomic E-state index is -0.165. The average Bonchev–Trinajstić information content (AvgIpc) is 3.27. The summed E-state index contributed by atoms with van der Waals surface area (Å²) >= 11 is 0. The van der Waals surface area contributed by atoms with Crippen molar-refractivity contribution in [1.82, 2.24) is 24.9 Å². The highest BCUT2D eigenvalue weighted by atomic mass is 19.1. The molecule has 0 unspecified atom stereocenters. The van der Waals surface area contributed by atoms with E-state index < -0.39 is 0 Å². The second kappa shape index (κ2) is 39.5. The number of fused-ring (bicyclic) bond motifs is 3. The van der Waals surface area contributed by atoms with E-state index in [1.54, 1.807) is 18.6 Å².